The van der Waals surface area contributed by atoms with Crippen molar-refractivity contribution in [2.45, 2.75) is 13.8 Å². The zero-order chi connectivity index (χ0) is 20.0. The summed E-state index contributed by atoms with van der Waals surface area (Å²) in [5.74, 6) is -1.91. The van der Waals surface area contributed by atoms with Gasteiger partial charge in [0.2, 0.25) is 5.91 Å². The predicted molar refractivity (Wildman–Crippen MR) is 101 cm³/mol. The van der Waals surface area contributed by atoms with Crippen molar-refractivity contribution >= 4 is 23.5 Å². The van der Waals surface area contributed by atoms with E-state index in [1.807, 2.05) is 19.1 Å². The monoisotopic (exact) mass is 370 g/mol. The number of hydrogen-bond donors (Lipinski definition) is 2. The van der Waals surface area contributed by atoms with Gasteiger partial charge in [-0.15, -0.1) is 0 Å². The van der Waals surface area contributed by atoms with Gasteiger partial charge in [-0.25, -0.2) is 4.79 Å². The van der Waals surface area contributed by atoms with Crippen LogP contribution in [0, 0.1) is 13.8 Å². The Morgan fingerprint density at radius 2 is 1.67 bits per heavy atom. The second-order valence-electron chi connectivity index (χ2n) is 6.26. The van der Waals surface area contributed by atoms with E-state index >= 15 is 0 Å². The number of carbonyl (C=O) groups is 3. The molecule has 2 aromatic rings. The molecule has 2 aromatic carbocycles. The number of nitrogens with one attached hydrogen (secondary N) is 1. The summed E-state index contributed by atoms with van der Waals surface area (Å²) in [7, 11) is 1.44. The molecule has 0 radical (unpaired) electrons. The zero-order valence-electron chi connectivity index (χ0n) is 15.5. The molecular formula is C20H22N2O5. The predicted octanol–water partition coefficient (Wildman–Crippen LogP) is 2.26. The van der Waals surface area contributed by atoms with Gasteiger partial charge in [0.05, 0.1) is 6.54 Å². The first-order chi connectivity index (χ1) is 12.8. The fraction of sp³-hybridized carbons (Fsp3) is 0.250. The average Bonchev–Trinajstić information content (AvgIpc) is 2.61. The molecule has 0 aliphatic heterocycles. The summed E-state index contributed by atoms with van der Waals surface area (Å²) in [4.78, 5) is 37.2. The minimum absolute atomic E-state index is 0.0202. The number of rotatable bonds is 6. The Bertz CT molecular complexity index is 846. The minimum Gasteiger partial charge on any atom is -0.507 e. The van der Waals surface area contributed by atoms with Gasteiger partial charge in [0, 0.05) is 12.7 Å². The van der Waals surface area contributed by atoms with Crippen LogP contribution in [0.25, 0.3) is 0 Å². The molecule has 0 aliphatic rings. The molecule has 0 atom stereocenters. The summed E-state index contributed by atoms with van der Waals surface area (Å²) >= 11 is 0. The van der Waals surface area contributed by atoms with Crippen molar-refractivity contribution in [1.29, 1.82) is 0 Å². The van der Waals surface area contributed by atoms with Crippen LogP contribution in [0.15, 0.2) is 42.5 Å². The molecule has 0 bridgehead atoms. The highest BCUT2D eigenvalue weighted by Gasteiger charge is 2.18. The number of anilines is 1. The molecule has 0 aromatic heterocycles. The summed E-state index contributed by atoms with van der Waals surface area (Å²) in [5, 5.41) is 12.4. The first-order valence-electron chi connectivity index (χ1n) is 8.33. The van der Waals surface area contributed by atoms with Gasteiger partial charge in [-0.3, -0.25) is 9.59 Å². The summed E-state index contributed by atoms with van der Waals surface area (Å²) < 4.78 is 4.92. The second-order valence-corrected chi connectivity index (χ2v) is 6.26. The Hall–Kier alpha value is -3.35. The molecule has 0 unspecified atom stereocenters. The number of hydrogen-bond acceptors (Lipinski definition) is 5. The van der Waals surface area contributed by atoms with Gasteiger partial charge < -0.3 is 20.1 Å². The third-order valence-electron chi connectivity index (χ3n) is 3.84. The maximum Gasteiger partial charge on any atom is 0.342 e. The molecule has 2 N–H and O–H groups in total. The van der Waals surface area contributed by atoms with E-state index in [1.165, 1.54) is 19.2 Å². The second kappa shape index (κ2) is 8.84. The Kier molecular flexibility index (Phi) is 6.54. The highest BCUT2D eigenvalue weighted by Crippen LogP contribution is 2.19. The van der Waals surface area contributed by atoms with Crippen LogP contribution >= 0.6 is 0 Å². The molecule has 142 valence electrons. The fourth-order valence-corrected chi connectivity index (χ4v) is 2.27. The topological polar surface area (TPSA) is 95.9 Å². The molecule has 0 aliphatic carbocycles. The van der Waals surface area contributed by atoms with Crippen LogP contribution in [0.1, 0.15) is 21.5 Å². The Balaban J connectivity index is 1.83. The SMILES string of the molecule is Cc1ccc(NC(=O)CN(C)C(=O)COC(=O)c2ccc(C)cc2O)cc1. The number of carbonyl (C=O) groups excluding carboxylic acids is 3. The van der Waals surface area contributed by atoms with Gasteiger partial charge in [-0.05, 0) is 43.7 Å². The van der Waals surface area contributed by atoms with E-state index in [1.54, 1.807) is 25.1 Å². The third-order valence-corrected chi connectivity index (χ3v) is 3.84. The molecule has 0 saturated heterocycles. The van der Waals surface area contributed by atoms with Crippen LogP contribution in [-0.4, -0.2) is 48.0 Å². The number of esters is 1. The largest absolute Gasteiger partial charge is 0.507 e. The first kappa shape index (κ1) is 20.0. The molecule has 0 heterocycles. The van der Waals surface area contributed by atoms with E-state index in [-0.39, 0.29) is 23.8 Å². The Morgan fingerprint density at radius 3 is 2.30 bits per heavy atom. The number of ether oxygens (including phenoxy) is 1. The number of amides is 2. The van der Waals surface area contributed by atoms with Gasteiger partial charge in [-0.1, -0.05) is 23.8 Å². The molecular weight excluding hydrogens is 348 g/mol. The molecule has 2 rings (SSSR count). The molecule has 0 spiro atoms. The van der Waals surface area contributed by atoms with E-state index in [0.29, 0.717) is 5.69 Å². The van der Waals surface area contributed by atoms with Crippen molar-refractivity contribution < 1.29 is 24.2 Å². The standard InChI is InChI=1S/C20H22N2O5/c1-13-4-7-15(8-5-13)21-18(24)11-22(3)19(25)12-27-20(26)16-9-6-14(2)10-17(16)23/h4-10,23H,11-12H2,1-3H3,(H,21,24). The smallest absolute Gasteiger partial charge is 0.342 e. The van der Waals surface area contributed by atoms with E-state index in [4.69, 9.17) is 4.74 Å². The number of aryl methyl sites for hydroxylation is 2. The summed E-state index contributed by atoms with van der Waals surface area (Å²) in [6.45, 7) is 3.01. The van der Waals surface area contributed by atoms with Crippen LogP contribution < -0.4 is 5.32 Å². The molecule has 0 saturated carbocycles. The maximum absolute atomic E-state index is 12.1. The number of nitrogens with zero attached hydrogens (tertiary/aromatic N) is 1. The van der Waals surface area contributed by atoms with Crippen molar-refractivity contribution in [1.82, 2.24) is 4.90 Å². The summed E-state index contributed by atoms with van der Waals surface area (Å²) in [6.07, 6.45) is 0. The van der Waals surface area contributed by atoms with Crippen LogP contribution in [0.5, 0.6) is 5.75 Å². The lowest BCUT2D eigenvalue weighted by molar-refractivity contribution is -0.136. The first-order valence-corrected chi connectivity index (χ1v) is 8.33. The fourth-order valence-electron chi connectivity index (χ4n) is 2.27. The van der Waals surface area contributed by atoms with Crippen molar-refractivity contribution in [2.75, 3.05) is 25.5 Å². The highest BCUT2D eigenvalue weighted by molar-refractivity contribution is 5.96. The van der Waals surface area contributed by atoms with E-state index in [9.17, 15) is 19.5 Å². The average molecular weight is 370 g/mol. The van der Waals surface area contributed by atoms with Gasteiger partial charge in [-0.2, -0.15) is 0 Å². The lowest BCUT2D eigenvalue weighted by atomic mass is 10.1. The summed E-state index contributed by atoms with van der Waals surface area (Å²) in [6, 6.07) is 11.8. The normalized spacial score (nSPS) is 10.2. The van der Waals surface area contributed by atoms with Crippen LogP contribution in [0.3, 0.4) is 0 Å². The van der Waals surface area contributed by atoms with Crippen LogP contribution in [0.4, 0.5) is 5.69 Å². The Labute approximate surface area is 157 Å². The van der Waals surface area contributed by atoms with Gasteiger partial charge in [0.25, 0.3) is 5.91 Å². The zero-order valence-corrected chi connectivity index (χ0v) is 15.5. The minimum atomic E-state index is -0.807. The van der Waals surface area contributed by atoms with Crippen molar-refractivity contribution in [3.63, 3.8) is 0 Å². The van der Waals surface area contributed by atoms with Crippen molar-refractivity contribution in [3.05, 3.63) is 59.2 Å². The van der Waals surface area contributed by atoms with Crippen molar-refractivity contribution in [2.24, 2.45) is 0 Å². The van der Waals surface area contributed by atoms with Gasteiger partial charge in [0.1, 0.15) is 11.3 Å². The molecule has 2 amide bonds. The quantitative estimate of drug-likeness (QED) is 0.761. The van der Waals surface area contributed by atoms with Crippen LogP contribution in [-0.2, 0) is 14.3 Å². The van der Waals surface area contributed by atoms with E-state index in [0.717, 1.165) is 16.0 Å². The van der Waals surface area contributed by atoms with Gasteiger partial charge in [0.15, 0.2) is 6.61 Å². The molecule has 7 heteroatoms. The van der Waals surface area contributed by atoms with Crippen molar-refractivity contribution in [3.8, 4) is 5.75 Å². The highest BCUT2D eigenvalue weighted by atomic mass is 16.5. The number of phenols is 1. The number of aromatic hydroxyl groups is 1. The summed E-state index contributed by atoms with van der Waals surface area (Å²) in [5.41, 5.74) is 2.47. The van der Waals surface area contributed by atoms with E-state index < -0.39 is 18.5 Å². The number of likely N-dealkylation sites (N-methyl/N-ethyl adjacent to an activating group) is 1. The third kappa shape index (κ3) is 5.85. The number of benzene rings is 2. The molecule has 27 heavy (non-hydrogen) atoms. The van der Waals surface area contributed by atoms with Crippen LogP contribution in [0.2, 0.25) is 0 Å². The molecule has 7 nitrogen and oxygen atoms in total. The lowest BCUT2D eigenvalue weighted by Gasteiger charge is -2.17. The van der Waals surface area contributed by atoms with Gasteiger partial charge >= 0.3 is 5.97 Å². The lowest BCUT2D eigenvalue weighted by Crippen LogP contribution is -2.37. The van der Waals surface area contributed by atoms with E-state index in [2.05, 4.69) is 5.32 Å². The molecule has 0 fully saturated rings. The number of phenolic OH excluding ortho intramolecular Hbond substituents is 1. The maximum atomic E-state index is 12.1. The Morgan fingerprint density at radius 1 is 1.04 bits per heavy atom.